The Morgan fingerprint density at radius 3 is 2.67 bits per heavy atom. The number of hydrogen-bond donors (Lipinski definition) is 1. The van der Waals surface area contributed by atoms with Crippen molar-refractivity contribution in [1.29, 1.82) is 0 Å². The summed E-state index contributed by atoms with van der Waals surface area (Å²) in [6, 6.07) is 6.27. The summed E-state index contributed by atoms with van der Waals surface area (Å²) >= 11 is 0. The molecule has 1 amide bonds. The van der Waals surface area contributed by atoms with Crippen molar-refractivity contribution in [3.05, 3.63) is 35.6 Å². The van der Waals surface area contributed by atoms with Gasteiger partial charge in [-0.05, 0) is 25.8 Å². The average molecular weight is 292 g/mol. The highest BCUT2D eigenvalue weighted by atomic mass is 19.1. The van der Waals surface area contributed by atoms with Gasteiger partial charge in [0.15, 0.2) is 0 Å². The Morgan fingerprint density at radius 1 is 1.29 bits per heavy atom. The normalized spacial score (nSPS) is 24.2. The van der Waals surface area contributed by atoms with Gasteiger partial charge in [0.1, 0.15) is 5.82 Å². The lowest BCUT2D eigenvalue weighted by atomic mass is 9.93. The average Bonchev–Trinajstić information content (AvgIpc) is 2.70. The number of rotatable bonds is 3. The Hall–Kier alpha value is -1.42. The molecule has 0 radical (unpaired) electrons. The first-order valence-corrected chi connectivity index (χ1v) is 7.79. The molecular weight excluding hydrogens is 267 g/mol. The second-order valence-electron chi connectivity index (χ2n) is 6.05. The van der Waals surface area contributed by atoms with Crippen LogP contribution in [0.5, 0.6) is 0 Å². The minimum atomic E-state index is -0.283. The molecule has 3 unspecified atom stereocenters. The van der Waals surface area contributed by atoms with E-state index in [0.29, 0.717) is 5.56 Å². The lowest BCUT2D eigenvalue weighted by Gasteiger charge is -2.31. The Balaban J connectivity index is 2.12. The molecule has 116 valence electrons. The van der Waals surface area contributed by atoms with Crippen molar-refractivity contribution in [3.63, 3.8) is 0 Å². The van der Waals surface area contributed by atoms with Crippen LogP contribution in [0, 0.1) is 11.7 Å². The maximum absolute atomic E-state index is 13.9. The third-order valence-corrected chi connectivity index (χ3v) is 4.67. The molecule has 1 aliphatic rings. The van der Waals surface area contributed by atoms with Crippen molar-refractivity contribution in [1.82, 2.24) is 4.90 Å². The van der Waals surface area contributed by atoms with Gasteiger partial charge in [0.2, 0.25) is 5.91 Å². The quantitative estimate of drug-likeness (QED) is 0.869. The molecule has 0 saturated heterocycles. The van der Waals surface area contributed by atoms with Crippen LogP contribution in [0.15, 0.2) is 24.3 Å². The van der Waals surface area contributed by atoms with Crippen LogP contribution in [0.4, 0.5) is 4.39 Å². The van der Waals surface area contributed by atoms with E-state index in [1.54, 1.807) is 30.1 Å². The molecule has 3 nitrogen and oxygen atoms in total. The third kappa shape index (κ3) is 3.62. The van der Waals surface area contributed by atoms with Crippen molar-refractivity contribution < 1.29 is 9.18 Å². The van der Waals surface area contributed by atoms with Gasteiger partial charge in [-0.15, -0.1) is 0 Å². The van der Waals surface area contributed by atoms with Crippen molar-refractivity contribution in [3.8, 4) is 0 Å². The number of nitrogens with two attached hydrogens (primary N) is 1. The van der Waals surface area contributed by atoms with Crippen LogP contribution in [0.3, 0.4) is 0 Å². The number of amides is 1. The van der Waals surface area contributed by atoms with Crippen LogP contribution in [0.1, 0.15) is 50.6 Å². The van der Waals surface area contributed by atoms with Gasteiger partial charge in [0.25, 0.3) is 0 Å². The Bertz CT molecular complexity index is 491. The van der Waals surface area contributed by atoms with Gasteiger partial charge in [0, 0.05) is 18.7 Å². The molecule has 21 heavy (non-hydrogen) atoms. The van der Waals surface area contributed by atoms with Crippen LogP contribution in [-0.4, -0.2) is 23.9 Å². The number of halogens is 1. The smallest absolute Gasteiger partial charge is 0.227 e. The number of carbonyl (C=O) groups is 1. The summed E-state index contributed by atoms with van der Waals surface area (Å²) in [4.78, 5) is 14.4. The van der Waals surface area contributed by atoms with Gasteiger partial charge in [-0.2, -0.15) is 0 Å². The van der Waals surface area contributed by atoms with E-state index in [1.165, 1.54) is 6.07 Å². The third-order valence-electron chi connectivity index (χ3n) is 4.67. The fourth-order valence-corrected chi connectivity index (χ4v) is 3.12. The van der Waals surface area contributed by atoms with Crippen molar-refractivity contribution >= 4 is 5.91 Å². The van der Waals surface area contributed by atoms with E-state index in [2.05, 4.69) is 0 Å². The maximum atomic E-state index is 13.9. The van der Waals surface area contributed by atoms with Crippen LogP contribution in [0.2, 0.25) is 0 Å². The minimum Gasteiger partial charge on any atom is -0.339 e. The molecule has 4 heteroatoms. The standard InChI is InChI=1S/C17H25FN2O/c1-12(13-8-6-7-10-15(13)18)20(2)17(21)14-9-4-3-5-11-16(14)19/h6-8,10,12,14,16H,3-5,9,11,19H2,1-2H3. The van der Waals surface area contributed by atoms with Gasteiger partial charge < -0.3 is 10.6 Å². The van der Waals surface area contributed by atoms with E-state index in [4.69, 9.17) is 5.73 Å². The fraction of sp³-hybridized carbons (Fsp3) is 0.588. The van der Waals surface area contributed by atoms with Crippen LogP contribution >= 0.6 is 0 Å². The number of carbonyl (C=O) groups excluding carboxylic acids is 1. The Kier molecular flexibility index (Phi) is 5.34. The number of hydrogen-bond acceptors (Lipinski definition) is 2. The molecule has 1 aromatic carbocycles. The minimum absolute atomic E-state index is 0.0418. The molecule has 0 aromatic heterocycles. The number of nitrogens with zero attached hydrogens (tertiary/aromatic N) is 1. The van der Waals surface area contributed by atoms with E-state index in [9.17, 15) is 9.18 Å². The number of benzene rings is 1. The Morgan fingerprint density at radius 2 is 1.95 bits per heavy atom. The van der Waals surface area contributed by atoms with Crippen LogP contribution in [0.25, 0.3) is 0 Å². The van der Waals surface area contributed by atoms with Crippen LogP contribution < -0.4 is 5.73 Å². The van der Waals surface area contributed by atoms with Gasteiger partial charge >= 0.3 is 0 Å². The summed E-state index contributed by atoms with van der Waals surface area (Å²) in [7, 11) is 1.75. The lowest BCUT2D eigenvalue weighted by Crippen LogP contribution is -2.43. The first-order chi connectivity index (χ1) is 10.0. The maximum Gasteiger partial charge on any atom is 0.227 e. The summed E-state index contributed by atoms with van der Waals surface area (Å²) in [6.45, 7) is 1.86. The highest BCUT2D eigenvalue weighted by Crippen LogP contribution is 2.28. The second kappa shape index (κ2) is 7.03. The van der Waals surface area contributed by atoms with Gasteiger partial charge in [-0.25, -0.2) is 4.39 Å². The summed E-state index contributed by atoms with van der Waals surface area (Å²) < 4.78 is 13.9. The molecule has 1 fully saturated rings. The van der Waals surface area contributed by atoms with E-state index in [0.717, 1.165) is 32.1 Å². The first kappa shape index (κ1) is 16.0. The first-order valence-electron chi connectivity index (χ1n) is 7.79. The highest BCUT2D eigenvalue weighted by molar-refractivity contribution is 5.79. The van der Waals surface area contributed by atoms with Gasteiger partial charge in [-0.1, -0.05) is 37.5 Å². The molecule has 2 rings (SSSR count). The summed E-state index contributed by atoms with van der Waals surface area (Å²) in [6.07, 6.45) is 5.03. The van der Waals surface area contributed by atoms with Gasteiger partial charge in [-0.3, -0.25) is 4.79 Å². The molecule has 0 bridgehead atoms. The highest BCUT2D eigenvalue weighted by Gasteiger charge is 2.31. The molecule has 0 aliphatic heterocycles. The molecule has 0 spiro atoms. The predicted octanol–water partition coefficient (Wildman–Crippen LogP) is 3.25. The topological polar surface area (TPSA) is 46.3 Å². The fourth-order valence-electron chi connectivity index (χ4n) is 3.12. The predicted molar refractivity (Wildman–Crippen MR) is 82.1 cm³/mol. The van der Waals surface area contributed by atoms with Gasteiger partial charge in [0.05, 0.1) is 12.0 Å². The summed E-state index contributed by atoms with van der Waals surface area (Å²) in [5, 5.41) is 0. The summed E-state index contributed by atoms with van der Waals surface area (Å²) in [5.74, 6) is -0.360. The van der Waals surface area contributed by atoms with Crippen molar-refractivity contribution in [2.75, 3.05) is 7.05 Å². The second-order valence-corrected chi connectivity index (χ2v) is 6.05. The zero-order chi connectivity index (χ0) is 15.4. The van der Waals surface area contributed by atoms with Crippen molar-refractivity contribution in [2.45, 2.75) is 51.1 Å². The lowest BCUT2D eigenvalue weighted by molar-refractivity contribution is -0.137. The monoisotopic (exact) mass is 292 g/mol. The molecule has 1 aliphatic carbocycles. The largest absolute Gasteiger partial charge is 0.339 e. The molecule has 3 atom stereocenters. The van der Waals surface area contributed by atoms with E-state index in [-0.39, 0.29) is 29.7 Å². The molecule has 0 heterocycles. The molecular formula is C17H25FN2O. The zero-order valence-corrected chi connectivity index (χ0v) is 12.9. The zero-order valence-electron chi connectivity index (χ0n) is 12.9. The molecule has 1 saturated carbocycles. The van der Waals surface area contributed by atoms with Crippen molar-refractivity contribution in [2.24, 2.45) is 11.7 Å². The van der Waals surface area contributed by atoms with E-state index in [1.807, 2.05) is 6.92 Å². The SMILES string of the molecule is CC(c1ccccc1F)N(C)C(=O)C1CCCCCC1N. The summed E-state index contributed by atoms with van der Waals surface area (Å²) in [5.41, 5.74) is 6.72. The molecule has 1 aromatic rings. The van der Waals surface area contributed by atoms with E-state index < -0.39 is 0 Å². The van der Waals surface area contributed by atoms with Crippen LogP contribution in [-0.2, 0) is 4.79 Å². The Labute approximate surface area is 126 Å². The van der Waals surface area contributed by atoms with E-state index >= 15 is 0 Å². The molecule has 2 N–H and O–H groups in total.